The van der Waals surface area contributed by atoms with E-state index in [0.717, 1.165) is 12.2 Å². The molecule has 1 aliphatic rings. The molecule has 0 bridgehead atoms. The van der Waals surface area contributed by atoms with Crippen molar-refractivity contribution in [1.29, 1.82) is 0 Å². The Morgan fingerprint density at radius 2 is 1.82 bits per heavy atom. The zero-order chi connectivity index (χ0) is 8.43. The van der Waals surface area contributed by atoms with E-state index in [9.17, 15) is 14.4 Å². The summed E-state index contributed by atoms with van der Waals surface area (Å²) in [6.45, 7) is 0. The van der Waals surface area contributed by atoms with Gasteiger partial charge in [-0.05, 0) is 12.2 Å². The largest absolute Gasteiger partial charge is 0.366 e. The van der Waals surface area contributed by atoms with E-state index in [4.69, 9.17) is 5.73 Å². The van der Waals surface area contributed by atoms with Crippen LogP contribution in [0.25, 0.3) is 0 Å². The lowest BCUT2D eigenvalue weighted by Gasteiger charge is -1.98. The summed E-state index contributed by atoms with van der Waals surface area (Å²) in [7, 11) is 0. The average molecular weight is 151 g/mol. The third-order valence-electron chi connectivity index (χ3n) is 1.23. The van der Waals surface area contributed by atoms with Gasteiger partial charge in [-0.2, -0.15) is 0 Å². The number of primary amides is 1. The molecule has 1 amide bonds. The van der Waals surface area contributed by atoms with Crippen LogP contribution in [0.15, 0.2) is 23.8 Å². The number of rotatable bonds is 1. The van der Waals surface area contributed by atoms with Gasteiger partial charge in [-0.1, -0.05) is 0 Å². The SMILES string of the molecule is NC(=O)C1=CC(=O)C(=O)C=C1. The molecule has 11 heavy (non-hydrogen) atoms. The van der Waals surface area contributed by atoms with Crippen molar-refractivity contribution >= 4 is 17.5 Å². The van der Waals surface area contributed by atoms with E-state index >= 15 is 0 Å². The molecule has 0 aromatic heterocycles. The molecule has 0 spiro atoms. The van der Waals surface area contributed by atoms with Crippen LogP contribution in [0.3, 0.4) is 0 Å². The van der Waals surface area contributed by atoms with E-state index in [1.165, 1.54) is 6.08 Å². The summed E-state index contributed by atoms with van der Waals surface area (Å²) >= 11 is 0. The van der Waals surface area contributed by atoms with Crippen LogP contribution in [0.2, 0.25) is 0 Å². The average Bonchev–Trinajstić information content (AvgIpc) is 1.94. The summed E-state index contributed by atoms with van der Waals surface area (Å²) in [4.78, 5) is 31.6. The number of amides is 1. The Bertz CT molecular complexity index is 299. The van der Waals surface area contributed by atoms with Crippen molar-refractivity contribution < 1.29 is 14.4 Å². The number of ketones is 2. The zero-order valence-electron chi connectivity index (χ0n) is 5.53. The Hall–Kier alpha value is -1.71. The lowest BCUT2D eigenvalue weighted by Crippen LogP contribution is -2.19. The van der Waals surface area contributed by atoms with Gasteiger partial charge in [0.15, 0.2) is 0 Å². The Balaban J connectivity index is 2.98. The summed E-state index contributed by atoms with van der Waals surface area (Å²) in [5.41, 5.74) is 4.92. The number of hydrogen-bond acceptors (Lipinski definition) is 3. The Kier molecular flexibility index (Phi) is 1.68. The molecular weight excluding hydrogens is 146 g/mol. The molecule has 0 saturated carbocycles. The molecule has 1 rings (SSSR count). The first-order valence-corrected chi connectivity index (χ1v) is 2.89. The molecule has 1 aliphatic carbocycles. The minimum Gasteiger partial charge on any atom is -0.366 e. The van der Waals surface area contributed by atoms with Gasteiger partial charge in [0.25, 0.3) is 0 Å². The Morgan fingerprint density at radius 3 is 2.27 bits per heavy atom. The second kappa shape index (κ2) is 2.49. The number of allylic oxidation sites excluding steroid dienone is 2. The molecule has 0 unspecified atom stereocenters. The van der Waals surface area contributed by atoms with E-state index < -0.39 is 17.5 Å². The van der Waals surface area contributed by atoms with E-state index in [1.807, 2.05) is 0 Å². The molecule has 2 N–H and O–H groups in total. The standard InChI is InChI=1S/C7H5NO3/c8-7(11)4-1-2-5(9)6(10)3-4/h1-3H,(H2,8,11). The van der Waals surface area contributed by atoms with Crippen LogP contribution in [0.1, 0.15) is 0 Å². The lowest BCUT2D eigenvalue weighted by molar-refractivity contribution is -0.131. The lowest BCUT2D eigenvalue weighted by atomic mass is 10.1. The molecule has 0 fully saturated rings. The van der Waals surface area contributed by atoms with Gasteiger partial charge < -0.3 is 5.73 Å². The third-order valence-corrected chi connectivity index (χ3v) is 1.23. The van der Waals surface area contributed by atoms with Gasteiger partial charge in [-0.15, -0.1) is 0 Å². The van der Waals surface area contributed by atoms with E-state index in [2.05, 4.69) is 0 Å². The molecule has 0 saturated heterocycles. The van der Waals surface area contributed by atoms with Crippen molar-refractivity contribution in [2.45, 2.75) is 0 Å². The van der Waals surface area contributed by atoms with Gasteiger partial charge in [0.2, 0.25) is 17.5 Å². The highest BCUT2D eigenvalue weighted by Crippen LogP contribution is 2.02. The maximum absolute atomic E-state index is 10.6. The fourth-order valence-electron chi connectivity index (χ4n) is 0.661. The van der Waals surface area contributed by atoms with Crippen LogP contribution in [0, 0.1) is 0 Å². The fourth-order valence-corrected chi connectivity index (χ4v) is 0.661. The number of hydrogen-bond donors (Lipinski definition) is 1. The van der Waals surface area contributed by atoms with Crippen molar-refractivity contribution in [3.8, 4) is 0 Å². The predicted molar refractivity (Wildman–Crippen MR) is 36.4 cm³/mol. The maximum atomic E-state index is 10.6. The van der Waals surface area contributed by atoms with Crippen molar-refractivity contribution in [2.75, 3.05) is 0 Å². The topological polar surface area (TPSA) is 77.2 Å². The first-order valence-electron chi connectivity index (χ1n) is 2.89. The van der Waals surface area contributed by atoms with Gasteiger partial charge >= 0.3 is 0 Å². The molecule has 0 aromatic rings. The second-order valence-electron chi connectivity index (χ2n) is 2.03. The number of carbonyl (C=O) groups is 3. The fraction of sp³-hybridized carbons (Fsp3) is 0. The highest BCUT2D eigenvalue weighted by molar-refractivity contribution is 6.47. The number of nitrogens with two attached hydrogens (primary N) is 1. The summed E-state index contributed by atoms with van der Waals surface area (Å²) in [6, 6.07) is 0. The summed E-state index contributed by atoms with van der Waals surface area (Å²) in [5.74, 6) is -2.04. The molecule has 4 heteroatoms. The van der Waals surface area contributed by atoms with Gasteiger partial charge in [0.05, 0.1) is 0 Å². The van der Waals surface area contributed by atoms with Crippen molar-refractivity contribution in [3.05, 3.63) is 23.8 Å². The van der Waals surface area contributed by atoms with Gasteiger partial charge in [0, 0.05) is 11.6 Å². The van der Waals surface area contributed by atoms with Crippen LogP contribution in [0.4, 0.5) is 0 Å². The molecule has 0 aliphatic heterocycles. The van der Waals surface area contributed by atoms with E-state index in [1.54, 1.807) is 0 Å². The maximum Gasteiger partial charge on any atom is 0.248 e. The Labute approximate surface area is 62.4 Å². The van der Waals surface area contributed by atoms with Crippen LogP contribution < -0.4 is 5.73 Å². The first kappa shape index (κ1) is 7.40. The van der Waals surface area contributed by atoms with Crippen molar-refractivity contribution in [2.24, 2.45) is 5.73 Å². The van der Waals surface area contributed by atoms with Crippen LogP contribution in [-0.2, 0) is 14.4 Å². The first-order chi connectivity index (χ1) is 5.11. The van der Waals surface area contributed by atoms with Crippen molar-refractivity contribution in [3.63, 3.8) is 0 Å². The number of carbonyl (C=O) groups excluding carboxylic acids is 3. The van der Waals surface area contributed by atoms with E-state index in [0.29, 0.717) is 0 Å². The quantitative estimate of drug-likeness (QED) is 0.390. The molecule has 0 aromatic carbocycles. The monoisotopic (exact) mass is 151 g/mol. The predicted octanol–water partition coefficient (Wildman–Crippen LogP) is -0.894. The van der Waals surface area contributed by atoms with E-state index in [-0.39, 0.29) is 5.57 Å². The van der Waals surface area contributed by atoms with Gasteiger partial charge in [-0.25, -0.2) is 0 Å². The second-order valence-corrected chi connectivity index (χ2v) is 2.03. The molecule has 0 radical (unpaired) electrons. The van der Waals surface area contributed by atoms with Gasteiger partial charge in [-0.3, -0.25) is 14.4 Å². The highest BCUT2D eigenvalue weighted by Gasteiger charge is 2.15. The molecule has 4 nitrogen and oxygen atoms in total. The van der Waals surface area contributed by atoms with Crippen LogP contribution >= 0.6 is 0 Å². The zero-order valence-corrected chi connectivity index (χ0v) is 5.53. The van der Waals surface area contributed by atoms with Crippen LogP contribution in [0.5, 0.6) is 0 Å². The Morgan fingerprint density at radius 1 is 1.18 bits per heavy atom. The molecule has 0 atom stereocenters. The smallest absolute Gasteiger partial charge is 0.248 e. The highest BCUT2D eigenvalue weighted by atomic mass is 16.2. The summed E-state index contributed by atoms with van der Waals surface area (Å²) in [6.07, 6.45) is 3.19. The summed E-state index contributed by atoms with van der Waals surface area (Å²) in [5, 5.41) is 0. The van der Waals surface area contributed by atoms with Crippen molar-refractivity contribution in [1.82, 2.24) is 0 Å². The molecule has 0 heterocycles. The third kappa shape index (κ3) is 1.40. The van der Waals surface area contributed by atoms with Crippen LogP contribution in [-0.4, -0.2) is 17.5 Å². The van der Waals surface area contributed by atoms with Gasteiger partial charge in [0.1, 0.15) is 0 Å². The minimum atomic E-state index is -0.707. The molecule has 56 valence electrons. The minimum absolute atomic E-state index is 0.0644. The normalized spacial score (nSPS) is 16.5. The molecular formula is C7H5NO3. The summed E-state index contributed by atoms with van der Waals surface area (Å²) < 4.78 is 0.